The number of nitrogens with two attached hydrogens (primary N) is 2. The summed E-state index contributed by atoms with van der Waals surface area (Å²) in [6, 6.07) is 34.4. The second-order valence-corrected chi connectivity index (χ2v) is 26.7. The minimum Gasteiger partial charge on any atom is -1.00 e. The third-order valence-electron chi connectivity index (χ3n) is 16.6. The third-order valence-corrected chi connectivity index (χ3v) is 18.6. The van der Waals surface area contributed by atoms with Crippen molar-refractivity contribution in [3.63, 3.8) is 0 Å². The normalized spacial score (nSPS) is 13.5. The Kier molecular flexibility index (Phi) is 27.8. The predicted molar refractivity (Wildman–Crippen MR) is 365 cm³/mol. The second kappa shape index (κ2) is 35.5. The zero-order valence-corrected chi connectivity index (χ0v) is 60.9. The number of rotatable bonds is 24. The number of carbonyl (C=O) groups is 3. The number of nitrogens with zero attached hydrogens (tertiary/aromatic N) is 10. The topological polar surface area (TPSA) is 302 Å². The minimum atomic E-state index is -5.19. The Bertz CT molecular complexity index is 4430. The van der Waals surface area contributed by atoms with Crippen LogP contribution in [0.15, 0.2) is 145 Å². The number of thiazole rings is 2. The molecular formula is C74H74BrF7N12O8S2. The van der Waals surface area contributed by atoms with Crippen molar-refractivity contribution in [2.45, 2.75) is 149 Å². The van der Waals surface area contributed by atoms with Crippen LogP contribution in [0.1, 0.15) is 131 Å². The Morgan fingerprint density at radius 3 is 1.22 bits per heavy atom. The molecule has 4 heterocycles. The molecule has 0 aliphatic rings. The van der Waals surface area contributed by atoms with Crippen molar-refractivity contribution in [2.24, 2.45) is 11.5 Å². The lowest BCUT2D eigenvalue weighted by Crippen LogP contribution is -3.00. The summed E-state index contributed by atoms with van der Waals surface area (Å²) in [5.74, 6) is -9.36. The fourth-order valence-corrected chi connectivity index (χ4v) is 13.3. The first-order valence-corrected chi connectivity index (χ1v) is 34.1. The van der Waals surface area contributed by atoms with Crippen LogP contribution in [-0.4, -0.2) is 75.9 Å². The number of aryl methyl sites for hydroxylation is 4. The van der Waals surface area contributed by atoms with Crippen LogP contribution in [0.5, 0.6) is 12.0 Å². The van der Waals surface area contributed by atoms with E-state index >= 15 is 8.78 Å². The van der Waals surface area contributed by atoms with Crippen molar-refractivity contribution in [3.05, 3.63) is 234 Å². The van der Waals surface area contributed by atoms with Gasteiger partial charge >= 0.3 is 30.1 Å². The number of ether oxygens (including phenoxy) is 2. The van der Waals surface area contributed by atoms with Gasteiger partial charge in [0.15, 0.2) is 0 Å². The highest BCUT2D eigenvalue weighted by atomic mass is 79.9. The summed E-state index contributed by atoms with van der Waals surface area (Å²) in [7, 11) is 0. The van der Waals surface area contributed by atoms with E-state index in [1.165, 1.54) is 44.2 Å². The van der Waals surface area contributed by atoms with Crippen LogP contribution in [0.25, 0.3) is 22.5 Å². The van der Waals surface area contributed by atoms with Gasteiger partial charge in [-0.2, -0.15) is 32.8 Å². The predicted octanol–water partition coefficient (Wildman–Crippen LogP) is 7.97. The van der Waals surface area contributed by atoms with Crippen molar-refractivity contribution < 1.29 is 96.0 Å². The molecular weight excluding hydrogens is 1460 g/mol. The number of halogens is 8. The lowest BCUT2D eigenvalue weighted by Gasteiger charge is -2.32. The van der Waals surface area contributed by atoms with E-state index in [-0.39, 0.29) is 66.3 Å². The standard InChI is InChI=1S/2C36H37F2N6O3S.C2HF3O2.BrH/c2*1-5-6-31(40)34(45)47-35-42-44(21-43(35)18-26-14-22(2)13-23(3)15-26)20-36(46,29-12-11-28(37)16-30(29)38)24(4)33-41-32(19-48-33)27-9-7-25(17-39)8-10-27;3-2(4,5)1(6)7;/h2*7-16,19,21,24,31,46H,5-6,18,20,40H2,1-4H3;(H,6,7);1H/q2*+1;;/p-2/t24-,31?,36+;;;/m0.../s1. The second-order valence-electron chi connectivity index (χ2n) is 24.9. The van der Waals surface area contributed by atoms with E-state index in [2.05, 4.69) is 22.3 Å². The van der Waals surface area contributed by atoms with E-state index in [0.717, 1.165) is 68.8 Å². The maximum absolute atomic E-state index is 15.5. The Morgan fingerprint density at radius 1 is 0.587 bits per heavy atom. The number of carboxylic acid groups (broad SMARTS) is 1. The summed E-state index contributed by atoms with van der Waals surface area (Å²) in [5.41, 5.74) is 17.7. The summed E-state index contributed by atoms with van der Waals surface area (Å²) in [4.78, 5) is 44.1. The number of aliphatic hydroxyl groups is 2. The molecule has 0 spiro atoms. The van der Waals surface area contributed by atoms with E-state index in [0.29, 0.717) is 58.2 Å². The van der Waals surface area contributed by atoms with E-state index in [9.17, 15) is 41.8 Å². The zero-order chi connectivity index (χ0) is 75.3. The molecule has 0 fully saturated rings. The molecule has 546 valence electrons. The Hall–Kier alpha value is -9.92. The van der Waals surface area contributed by atoms with Gasteiger partial charge < -0.3 is 58.0 Å². The van der Waals surface area contributed by atoms with Gasteiger partial charge in [0.2, 0.25) is 12.7 Å². The van der Waals surface area contributed by atoms with Crippen LogP contribution in [0.4, 0.5) is 30.7 Å². The first kappa shape index (κ1) is 81.4. The molecule has 104 heavy (non-hydrogen) atoms. The number of carbonyl (C=O) groups excluding carboxylic acids is 3. The smallest absolute Gasteiger partial charge is 0.476 e. The average Bonchev–Trinajstić information content (AvgIpc) is 1.44. The van der Waals surface area contributed by atoms with Gasteiger partial charge in [-0.25, -0.2) is 37.1 Å². The maximum Gasteiger partial charge on any atom is 0.476 e. The third kappa shape index (κ3) is 20.7. The van der Waals surface area contributed by atoms with Gasteiger partial charge in [-0.1, -0.05) is 136 Å². The van der Waals surface area contributed by atoms with Gasteiger partial charge in [0, 0.05) is 57.0 Å². The van der Waals surface area contributed by atoms with Crippen LogP contribution in [-0.2, 0) is 51.8 Å². The molecule has 0 bridgehead atoms. The number of nitriles is 2. The molecule has 10 rings (SSSR count). The molecule has 6 N–H and O–H groups in total. The highest BCUT2D eigenvalue weighted by Crippen LogP contribution is 2.44. The van der Waals surface area contributed by atoms with E-state index in [1.807, 2.05) is 88.7 Å². The molecule has 10 aromatic rings. The van der Waals surface area contributed by atoms with Crippen LogP contribution < -0.4 is 52.2 Å². The molecule has 6 atom stereocenters. The Morgan fingerprint density at radius 2 is 0.923 bits per heavy atom. The fourth-order valence-electron chi connectivity index (χ4n) is 11.4. The molecule has 20 nitrogen and oxygen atoms in total. The van der Waals surface area contributed by atoms with Gasteiger partial charge in [-0.15, -0.1) is 32.0 Å². The van der Waals surface area contributed by atoms with Crippen molar-refractivity contribution >= 4 is 40.6 Å². The monoisotopic (exact) mass is 1530 g/mol. The Labute approximate surface area is 613 Å². The fraction of sp³-hybridized carbons (Fsp3) is 0.311. The first-order chi connectivity index (χ1) is 48.7. The van der Waals surface area contributed by atoms with Crippen molar-refractivity contribution in [3.8, 4) is 46.7 Å². The summed E-state index contributed by atoms with van der Waals surface area (Å²) in [5, 5.41) is 65.6. The lowest BCUT2D eigenvalue weighted by molar-refractivity contribution is -0.693. The molecule has 4 aromatic heterocycles. The molecule has 0 amide bonds. The Balaban J connectivity index is 0.000000264. The van der Waals surface area contributed by atoms with Gasteiger partial charge in [0.1, 0.15) is 78.7 Å². The van der Waals surface area contributed by atoms with Crippen LogP contribution in [0, 0.1) is 73.6 Å². The van der Waals surface area contributed by atoms with E-state index < -0.39 is 82.5 Å². The largest absolute Gasteiger partial charge is 1.00 e. The first-order valence-electron chi connectivity index (χ1n) is 32.3. The molecule has 0 saturated carbocycles. The van der Waals surface area contributed by atoms with E-state index in [1.54, 1.807) is 84.2 Å². The number of benzene rings is 6. The van der Waals surface area contributed by atoms with Crippen LogP contribution in [0.2, 0.25) is 0 Å². The summed E-state index contributed by atoms with van der Waals surface area (Å²) >= 11 is 2.56. The summed E-state index contributed by atoms with van der Waals surface area (Å²) < 4.78 is 108. The number of hydrogen-bond acceptors (Lipinski definition) is 18. The highest BCUT2D eigenvalue weighted by molar-refractivity contribution is 7.10. The zero-order valence-electron chi connectivity index (χ0n) is 57.6. The van der Waals surface area contributed by atoms with Gasteiger partial charge in [-0.05, 0) is 88.1 Å². The molecule has 0 radical (unpaired) electrons. The lowest BCUT2D eigenvalue weighted by atomic mass is 9.82. The summed E-state index contributed by atoms with van der Waals surface area (Å²) in [6.45, 7) is 15.2. The highest BCUT2D eigenvalue weighted by Gasteiger charge is 2.46. The van der Waals surface area contributed by atoms with E-state index in [4.69, 9.17) is 51.3 Å². The number of esters is 2. The molecule has 4 unspecified atom stereocenters. The minimum absolute atomic E-state index is 0. The average molecular weight is 1540 g/mol. The molecule has 30 heteroatoms. The number of hydrogen-bond donors (Lipinski definition) is 4. The quantitative estimate of drug-likeness (QED) is 0.0253. The summed E-state index contributed by atoms with van der Waals surface area (Å²) in [6.07, 6.45) is 0.186. The molecule has 0 aliphatic carbocycles. The van der Waals surface area contributed by atoms with Gasteiger partial charge in [0.05, 0.1) is 54.9 Å². The number of carboxylic acids is 1. The SMILES string of the molecule is CCCC(N)C(=O)Oc1nn(CC(O)(c2ccc(F)cc2F)C(C)c2nc(-c3ccc(C#N)cc3)cs2)c[n+]1Cc1cc(C)cc(C)c1.CCCC(N)C(=O)Oc1nn(C[C@](O)(c2ccc(F)cc2F)[C@@H](C)c2nc(-c3ccc(C#N)cc3)cs2)c[n+]1Cc1cc(C)cc(C)c1.O=C([O-])C(F)(F)F.[Br-]. The van der Waals surface area contributed by atoms with Gasteiger partial charge in [0.25, 0.3) is 0 Å². The van der Waals surface area contributed by atoms with Gasteiger partial charge in [-0.3, -0.25) is 0 Å². The van der Waals surface area contributed by atoms with Crippen LogP contribution >= 0.6 is 22.7 Å². The number of aromatic nitrogens is 8. The van der Waals surface area contributed by atoms with Crippen LogP contribution in [0.3, 0.4) is 0 Å². The molecule has 0 aliphatic heterocycles. The van der Waals surface area contributed by atoms with Crippen molar-refractivity contribution in [1.29, 1.82) is 10.5 Å². The number of alkyl halides is 3. The maximum atomic E-state index is 15.5. The van der Waals surface area contributed by atoms with Crippen molar-refractivity contribution in [2.75, 3.05) is 0 Å². The van der Waals surface area contributed by atoms with Crippen molar-refractivity contribution in [1.82, 2.24) is 29.5 Å². The molecule has 0 saturated heterocycles. The molecule has 6 aromatic carbocycles. The number of aliphatic carboxylic acids is 1.